The van der Waals surface area contributed by atoms with E-state index in [0.29, 0.717) is 0 Å². The summed E-state index contributed by atoms with van der Waals surface area (Å²) in [7, 11) is 0. The summed E-state index contributed by atoms with van der Waals surface area (Å²) in [6.07, 6.45) is 3.40. The maximum absolute atomic E-state index is 13.6. The van der Waals surface area contributed by atoms with Crippen LogP contribution in [0.25, 0.3) is 0 Å². The normalized spacial score (nSPS) is 19.3. The van der Waals surface area contributed by atoms with Gasteiger partial charge in [0.1, 0.15) is 11.6 Å². The second-order valence-corrected chi connectivity index (χ2v) is 4.77. The zero-order valence-electron chi connectivity index (χ0n) is 10.1. The van der Waals surface area contributed by atoms with Crippen molar-refractivity contribution in [3.63, 3.8) is 0 Å². The molecule has 0 heterocycles. The van der Waals surface area contributed by atoms with Crippen molar-refractivity contribution in [1.29, 1.82) is 0 Å². The number of phenolic OH excluding ortho intramolecular Hbond substituents is 1. The Balaban J connectivity index is 0.00000162. The van der Waals surface area contributed by atoms with Crippen LogP contribution in [0.3, 0.4) is 0 Å². The van der Waals surface area contributed by atoms with E-state index in [1.165, 1.54) is 12.1 Å². The van der Waals surface area contributed by atoms with Crippen LogP contribution >= 0.6 is 12.4 Å². The van der Waals surface area contributed by atoms with Crippen LogP contribution in [0.15, 0.2) is 18.2 Å². The maximum Gasteiger partial charge on any atom is 0.131 e. The minimum atomic E-state index is -0.723. The van der Waals surface area contributed by atoms with Crippen molar-refractivity contribution >= 4 is 12.4 Å². The fourth-order valence-corrected chi connectivity index (χ4v) is 2.56. The molecule has 0 unspecified atom stereocenters. The molecular formula is C13H19ClFNO2. The molecule has 0 aromatic heterocycles. The number of halogens is 2. The maximum atomic E-state index is 13.6. The van der Waals surface area contributed by atoms with E-state index in [9.17, 15) is 9.50 Å². The van der Waals surface area contributed by atoms with E-state index in [-0.39, 0.29) is 29.6 Å². The predicted molar refractivity (Wildman–Crippen MR) is 70.2 cm³/mol. The molecule has 0 saturated heterocycles. The highest BCUT2D eigenvalue weighted by molar-refractivity contribution is 5.85. The first-order valence-electron chi connectivity index (χ1n) is 6.01. The lowest BCUT2D eigenvalue weighted by molar-refractivity contribution is 0.0832. The van der Waals surface area contributed by atoms with Gasteiger partial charge in [-0.15, -0.1) is 12.4 Å². The van der Waals surface area contributed by atoms with E-state index in [0.717, 1.165) is 31.7 Å². The molecule has 102 valence electrons. The highest BCUT2D eigenvalue weighted by atomic mass is 35.5. The van der Waals surface area contributed by atoms with Gasteiger partial charge in [0, 0.05) is 11.6 Å². The molecule has 1 aromatic carbocycles. The second kappa shape index (κ2) is 6.36. The third kappa shape index (κ3) is 3.13. The number of nitrogens with two attached hydrogens (primary N) is 1. The Morgan fingerprint density at radius 2 is 1.89 bits per heavy atom. The van der Waals surface area contributed by atoms with E-state index in [4.69, 9.17) is 10.8 Å². The second-order valence-electron chi connectivity index (χ2n) is 4.77. The van der Waals surface area contributed by atoms with Crippen LogP contribution in [0.4, 0.5) is 4.39 Å². The Morgan fingerprint density at radius 3 is 2.44 bits per heavy atom. The van der Waals surface area contributed by atoms with E-state index in [2.05, 4.69) is 0 Å². The Morgan fingerprint density at radius 1 is 1.28 bits per heavy atom. The van der Waals surface area contributed by atoms with Crippen molar-refractivity contribution in [2.45, 2.75) is 37.8 Å². The smallest absolute Gasteiger partial charge is 0.131 e. The van der Waals surface area contributed by atoms with Crippen LogP contribution in [0.2, 0.25) is 0 Å². The number of rotatable bonds is 3. The summed E-state index contributed by atoms with van der Waals surface area (Å²) in [5, 5.41) is 19.2. The minimum absolute atomic E-state index is 0. The average molecular weight is 276 g/mol. The lowest BCUT2D eigenvalue weighted by Gasteiger charge is -2.24. The Bertz CT molecular complexity index is 397. The van der Waals surface area contributed by atoms with Gasteiger partial charge < -0.3 is 15.9 Å². The molecule has 0 amide bonds. The van der Waals surface area contributed by atoms with Gasteiger partial charge in [-0.05, 0) is 24.8 Å². The number of aliphatic hydroxyl groups is 1. The molecule has 5 heteroatoms. The molecule has 1 saturated carbocycles. The number of hydrogen-bond acceptors (Lipinski definition) is 3. The topological polar surface area (TPSA) is 66.5 Å². The zero-order valence-corrected chi connectivity index (χ0v) is 10.9. The number of aromatic hydroxyl groups is 1. The van der Waals surface area contributed by atoms with Gasteiger partial charge >= 0.3 is 0 Å². The first-order valence-corrected chi connectivity index (χ1v) is 6.01. The molecule has 1 fully saturated rings. The molecule has 0 radical (unpaired) electrons. The number of benzene rings is 1. The molecule has 3 nitrogen and oxygen atoms in total. The summed E-state index contributed by atoms with van der Waals surface area (Å²) < 4.78 is 13.6. The highest BCUT2D eigenvalue weighted by Crippen LogP contribution is 2.33. The summed E-state index contributed by atoms with van der Waals surface area (Å²) in [6, 6.07) is 3.13. The van der Waals surface area contributed by atoms with E-state index in [1.807, 2.05) is 0 Å². The van der Waals surface area contributed by atoms with Gasteiger partial charge in [-0.1, -0.05) is 18.9 Å². The molecule has 1 aromatic rings. The van der Waals surface area contributed by atoms with Gasteiger partial charge in [0.05, 0.1) is 12.1 Å². The van der Waals surface area contributed by atoms with E-state index < -0.39 is 18.0 Å². The van der Waals surface area contributed by atoms with Crippen molar-refractivity contribution in [2.24, 2.45) is 11.7 Å². The fraction of sp³-hybridized carbons (Fsp3) is 0.538. The van der Waals surface area contributed by atoms with Crippen LogP contribution in [0, 0.1) is 11.7 Å². The summed E-state index contributed by atoms with van der Waals surface area (Å²) in [5.74, 6) is -0.526. The molecule has 2 rings (SSSR count). The molecule has 2 atom stereocenters. The number of hydrogen-bond donors (Lipinski definition) is 3. The van der Waals surface area contributed by atoms with Gasteiger partial charge in [0.15, 0.2) is 0 Å². The van der Waals surface area contributed by atoms with Gasteiger partial charge in [0.2, 0.25) is 0 Å². The van der Waals surface area contributed by atoms with Crippen molar-refractivity contribution in [2.75, 3.05) is 0 Å². The lowest BCUT2D eigenvalue weighted by Crippen LogP contribution is -2.32. The van der Waals surface area contributed by atoms with Gasteiger partial charge in [-0.2, -0.15) is 0 Å². The predicted octanol–water partition coefficient (Wildman–Crippen LogP) is 2.50. The summed E-state index contributed by atoms with van der Waals surface area (Å²) in [4.78, 5) is 0. The summed E-state index contributed by atoms with van der Waals surface area (Å²) >= 11 is 0. The first-order chi connectivity index (χ1) is 8.09. The van der Waals surface area contributed by atoms with Crippen molar-refractivity contribution in [1.82, 2.24) is 0 Å². The molecule has 0 bridgehead atoms. The number of aliphatic hydroxyl groups excluding tert-OH is 1. The quantitative estimate of drug-likeness (QED) is 0.794. The average Bonchev–Trinajstić information content (AvgIpc) is 2.80. The SMILES string of the molecule is Cl.N[C@H](c1ccc(O)cc1F)[C@@H](O)C1CCCC1. The van der Waals surface area contributed by atoms with E-state index in [1.54, 1.807) is 0 Å². The Labute approximate surface area is 112 Å². The lowest BCUT2D eigenvalue weighted by atomic mass is 9.90. The van der Waals surface area contributed by atoms with Crippen LogP contribution < -0.4 is 5.73 Å². The minimum Gasteiger partial charge on any atom is -0.508 e. The van der Waals surface area contributed by atoms with E-state index >= 15 is 0 Å². The Hall–Kier alpha value is -0.840. The van der Waals surface area contributed by atoms with Crippen molar-refractivity contribution in [3.05, 3.63) is 29.6 Å². The number of phenols is 1. The molecule has 0 aliphatic heterocycles. The third-order valence-corrected chi connectivity index (χ3v) is 3.59. The standard InChI is InChI=1S/C13H18FNO2.ClH/c14-11-7-9(16)5-6-10(11)12(15)13(17)8-3-1-2-4-8;/h5-8,12-13,16-17H,1-4,15H2;1H/t12-,13+;/m1./s1. The van der Waals surface area contributed by atoms with Crippen LogP contribution in [-0.4, -0.2) is 16.3 Å². The third-order valence-electron chi connectivity index (χ3n) is 3.59. The largest absolute Gasteiger partial charge is 0.508 e. The monoisotopic (exact) mass is 275 g/mol. The zero-order chi connectivity index (χ0) is 12.4. The van der Waals surface area contributed by atoms with Crippen LogP contribution in [0.5, 0.6) is 5.75 Å². The molecule has 1 aliphatic rings. The highest BCUT2D eigenvalue weighted by Gasteiger charge is 2.30. The molecule has 0 spiro atoms. The van der Waals surface area contributed by atoms with Crippen LogP contribution in [-0.2, 0) is 0 Å². The van der Waals surface area contributed by atoms with Crippen molar-refractivity contribution in [3.8, 4) is 5.75 Å². The fourth-order valence-electron chi connectivity index (χ4n) is 2.56. The van der Waals surface area contributed by atoms with Gasteiger partial charge in [-0.25, -0.2) is 4.39 Å². The van der Waals surface area contributed by atoms with Crippen LogP contribution in [0.1, 0.15) is 37.3 Å². The van der Waals surface area contributed by atoms with Gasteiger partial charge in [0.25, 0.3) is 0 Å². The molecular weight excluding hydrogens is 257 g/mol. The molecule has 1 aliphatic carbocycles. The summed E-state index contributed by atoms with van der Waals surface area (Å²) in [5.41, 5.74) is 6.16. The first kappa shape index (κ1) is 15.2. The summed E-state index contributed by atoms with van der Waals surface area (Å²) in [6.45, 7) is 0. The Kier molecular flexibility index (Phi) is 5.38. The molecule has 4 N–H and O–H groups in total. The van der Waals surface area contributed by atoms with Gasteiger partial charge in [-0.3, -0.25) is 0 Å². The van der Waals surface area contributed by atoms with Crippen molar-refractivity contribution < 1.29 is 14.6 Å². The molecule has 18 heavy (non-hydrogen) atoms.